The Morgan fingerprint density at radius 2 is 1.60 bits per heavy atom. The van der Waals surface area contributed by atoms with Crippen LogP contribution in [0.1, 0.15) is 34.6 Å². The number of hydrogen-bond donors (Lipinski definition) is 0. The third-order valence-corrected chi connectivity index (χ3v) is 3.11. The van der Waals surface area contributed by atoms with Gasteiger partial charge in [0.25, 0.3) is 0 Å². The highest BCUT2D eigenvalue weighted by molar-refractivity contribution is 8.00. The zero-order chi connectivity index (χ0) is 8.36. The van der Waals surface area contributed by atoms with E-state index in [4.69, 9.17) is 0 Å². The van der Waals surface area contributed by atoms with Gasteiger partial charge in [-0.05, 0) is 12.3 Å². The van der Waals surface area contributed by atoms with Crippen LogP contribution in [0.15, 0.2) is 0 Å². The average Bonchev–Trinajstić information content (AvgIpc) is 1.60. The monoisotopic (exact) mass is 161 g/mol. The molecule has 0 heterocycles. The Morgan fingerprint density at radius 3 is 1.70 bits per heavy atom. The first kappa shape index (κ1) is 10.3. The molecule has 0 saturated heterocycles. The molecule has 0 aromatic carbocycles. The molecule has 0 aliphatic carbocycles. The number of thioether (sulfide) groups is 1. The topological polar surface area (TPSA) is 19.9 Å². The second-order valence-electron chi connectivity index (χ2n) is 3.71. The van der Waals surface area contributed by atoms with Gasteiger partial charge in [-0.3, -0.25) is 0 Å². The van der Waals surface area contributed by atoms with Crippen LogP contribution in [0.3, 0.4) is 0 Å². The molecule has 0 bridgehead atoms. The predicted octanol–water partition coefficient (Wildman–Crippen LogP) is 2.93. The molecular weight excluding hydrogens is 144 g/mol. The summed E-state index contributed by atoms with van der Waals surface area (Å²) in [6.45, 7) is 10.3. The van der Waals surface area contributed by atoms with Crippen LogP contribution in [0, 0.1) is 5.41 Å². The average molecular weight is 161 g/mol. The van der Waals surface area contributed by atoms with E-state index in [-0.39, 0.29) is 5.41 Å². The van der Waals surface area contributed by atoms with Gasteiger partial charge in [-0.2, -0.15) is 0 Å². The van der Waals surface area contributed by atoms with E-state index in [1.165, 1.54) is 11.8 Å². The second kappa shape index (κ2) is 3.63. The van der Waals surface area contributed by atoms with E-state index in [1.54, 1.807) is 6.92 Å². The molecule has 0 fully saturated rings. The highest BCUT2D eigenvalue weighted by Gasteiger charge is 2.21. The fourth-order valence-electron chi connectivity index (χ4n) is 0.492. The summed E-state index contributed by atoms with van der Waals surface area (Å²) in [7, 11) is 0. The van der Waals surface area contributed by atoms with E-state index < -0.39 is 5.44 Å². The molecule has 10 heavy (non-hydrogen) atoms. The molecule has 0 N–H and O–H groups in total. The lowest BCUT2D eigenvalue weighted by molar-refractivity contribution is 0.179. The van der Waals surface area contributed by atoms with Crippen molar-refractivity contribution >= 4 is 11.8 Å². The van der Waals surface area contributed by atoms with Crippen LogP contribution >= 0.6 is 11.8 Å². The molecule has 2 unspecified atom stereocenters. The molecule has 2 heteroatoms. The maximum atomic E-state index is 10.7. The first-order valence-corrected chi connectivity index (χ1v) is 4.59. The Bertz CT molecular complexity index is 93.9. The van der Waals surface area contributed by atoms with Gasteiger partial charge in [-0.25, -0.2) is 5.11 Å². The number of hydrogen-bond acceptors (Lipinski definition) is 1. The lowest BCUT2D eigenvalue weighted by Crippen LogP contribution is -2.21. The smallest absolute Gasteiger partial charge is 0.136 e. The molecule has 0 spiro atoms. The Balaban J connectivity index is 3.73. The molecule has 1 nitrogen and oxygen atoms in total. The van der Waals surface area contributed by atoms with E-state index in [0.717, 1.165) is 0 Å². The van der Waals surface area contributed by atoms with Crippen LogP contribution in [0.5, 0.6) is 0 Å². The van der Waals surface area contributed by atoms with Crippen LogP contribution in [0.4, 0.5) is 0 Å². The Morgan fingerprint density at radius 1 is 1.20 bits per heavy atom. The van der Waals surface area contributed by atoms with Crippen LogP contribution in [-0.2, 0) is 5.11 Å². The molecule has 0 aromatic rings. The molecule has 2 atom stereocenters. The van der Waals surface area contributed by atoms with Gasteiger partial charge in [0.1, 0.15) is 5.44 Å². The minimum atomic E-state index is -0.491. The van der Waals surface area contributed by atoms with Gasteiger partial charge in [-0.15, -0.1) is 11.8 Å². The summed E-state index contributed by atoms with van der Waals surface area (Å²) < 4.78 is 0. The van der Waals surface area contributed by atoms with Crippen LogP contribution in [0.2, 0.25) is 0 Å². The third-order valence-electron chi connectivity index (χ3n) is 1.62. The van der Waals surface area contributed by atoms with Gasteiger partial charge >= 0.3 is 0 Å². The molecule has 0 aliphatic heterocycles. The summed E-state index contributed by atoms with van der Waals surface area (Å²) >= 11 is 1.51. The summed E-state index contributed by atoms with van der Waals surface area (Å²) in [4.78, 5) is 0. The summed E-state index contributed by atoms with van der Waals surface area (Å²) in [5, 5.41) is 11.2. The highest BCUT2D eigenvalue weighted by atomic mass is 32.2. The standard InChI is InChI=1S/C8H17OS/c1-6(8(3,4)5)10-7(2)9/h6-7H,1-5H3. The molecule has 0 saturated carbocycles. The minimum Gasteiger partial charge on any atom is -0.222 e. The van der Waals surface area contributed by atoms with Gasteiger partial charge in [0.05, 0.1) is 0 Å². The van der Waals surface area contributed by atoms with Crippen molar-refractivity contribution < 1.29 is 5.11 Å². The summed E-state index contributed by atoms with van der Waals surface area (Å²) in [5.41, 5.74) is -0.238. The Hall–Kier alpha value is 0.310. The van der Waals surface area contributed by atoms with Gasteiger partial charge in [0, 0.05) is 5.25 Å². The van der Waals surface area contributed by atoms with Crippen molar-refractivity contribution in [2.45, 2.75) is 45.3 Å². The molecule has 0 rings (SSSR count). The zero-order valence-corrected chi connectivity index (χ0v) is 8.29. The molecule has 0 amide bonds. The summed E-state index contributed by atoms with van der Waals surface area (Å²) in [6, 6.07) is 0. The Labute approximate surface area is 68.2 Å². The van der Waals surface area contributed by atoms with Crippen molar-refractivity contribution in [2.24, 2.45) is 5.41 Å². The van der Waals surface area contributed by atoms with Crippen molar-refractivity contribution in [3.63, 3.8) is 0 Å². The van der Waals surface area contributed by atoms with Gasteiger partial charge in [-0.1, -0.05) is 27.7 Å². The van der Waals surface area contributed by atoms with Gasteiger partial charge < -0.3 is 0 Å². The SMILES string of the molecule is CC([O])SC(C)C(C)(C)C. The number of rotatable bonds is 2. The van der Waals surface area contributed by atoms with Crippen molar-refractivity contribution in [1.82, 2.24) is 0 Å². The van der Waals surface area contributed by atoms with E-state index in [0.29, 0.717) is 5.25 Å². The van der Waals surface area contributed by atoms with Crippen molar-refractivity contribution in [1.29, 1.82) is 0 Å². The van der Waals surface area contributed by atoms with E-state index in [9.17, 15) is 5.11 Å². The molecular formula is C8H17OS. The molecule has 0 aromatic heterocycles. The van der Waals surface area contributed by atoms with E-state index in [2.05, 4.69) is 27.7 Å². The zero-order valence-electron chi connectivity index (χ0n) is 7.47. The van der Waals surface area contributed by atoms with Gasteiger partial charge in [0.15, 0.2) is 0 Å². The fraction of sp³-hybridized carbons (Fsp3) is 1.00. The quantitative estimate of drug-likeness (QED) is 0.570. The molecule has 61 valence electrons. The van der Waals surface area contributed by atoms with Crippen LogP contribution < -0.4 is 0 Å². The minimum absolute atomic E-state index is 0.253. The lowest BCUT2D eigenvalue weighted by Gasteiger charge is -2.26. The largest absolute Gasteiger partial charge is 0.222 e. The maximum Gasteiger partial charge on any atom is 0.136 e. The summed E-state index contributed by atoms with van der Waals surface area (Å²) in [6.07, 6.45) is 0. The summed E-state index contributed by atoms with van der Waals surface area (Å²) in [5.74, 6) is 0. The van der Waals surface area contributed by atoms with Crippen LogP contribution in [-0.4, -0.2) is 10.7 Å². The maximum absolute atomic E-state index is 10.7. The first-order chi connectivity index (χ1) is 4.34. The van der Waals surface area contributed by atoms with E-state index in [1.807, 2.05) is 0 Å². The second-order valence-corrected chi connectivity index (χ2v) is 5.36. The molecule has 0 aliphatic rings. The van der Waals surface area contributed by atoms with Gasteiger partial charge in [0.2, 0.25) is 0 Å². The predicted molar refractivity (Wildman–Crippen MR) is 46.7 cm³/mol. The van der Waals surface area contributed by atoms with E-state index >= 15 is 0 Å². The van der Waals surface area contributed by atoms with Crippen molar-refractivity contribution in [2.75, 3.05) is 0 Å². The van der Waals surface area contributed by atoms with Crippen LogP contribution in [0.25, 0.3) is 0 Å². The van der Waals surface area contributed by atoms with Crippen molar-refractivity contribution in [3.8, 4) is 0 Å². The lowest BCUT2D eigenvalue weighted by atomic mass is 9.93. The first-order valence-electron chi connectivity index (χ1n) is 3.65. The molecule has 1 radical (unpaired) electrons. The Kier molecular flexibility index (Phi) is 3.74. The highest BCUT2D eigenvalue weighted by Crippen LogP contribution is 2.31. The van der Waals surface area contributed by atoms with Crippen molar-refractivity contribution in [3.05, 3.63) is 0 Å². The normalized spacial score (nSPS) is 18.6. The third kappa shape index (κ3) is 4.18. The fourth-order valence-corrected chi connectivity index (χ4v) is 1.47.